The van der Waals surface area contributed by atoms with Crippen LogP contribution in [0.5, 0.6) is 0 Å². The molecule has 0 unspecified atom stereocenters. The van der Waals surface area contributed by atoms with Crippen LogP contribution in [-0.4, -0.2) is 67.1 Å². The Morgan fingerprint density at radius 1 is 1.40 bits per heavy atom. The van der Waals surface area contributed by atoms with Gasteiger partial charge >= 0.3 is 6.09 Å². The van der Waals surface area contributed by atoms with E-state index >= 15 is 0 Å². The van der Waals surface area contributed by atoms with Crippen molar-refractivity contribution in [3.05, 3.63) is 0 Å². The summed E-state index contributed by atoms with van der Waals surface area (Å²) in [6, 6.07) is 0. The number of hydrogen-bond donors (Lipinski definition) is 0. The van der Waals surface area contributed by atoms with Crippen LogP contribution in [0.3, 0.4) is 0 Å². The standard InChI is InChI=1S/C9H16N2O3S/c1-10(9(13)14-2)7-8(12)11-3-5-15-6-4-11/h3-7H2,1-2H3. The van der Waals surface area contributed by atoms with Crippen LogP contribution in [-0.2, 0) is 9.53 Å². The summed E-state index contributed by atoms with van der Waals surface area (Å²) >= 11 is 1.85. The van der Waals surface area contributed by atoms with Crippen molar-refractivity contribution in [1.82, 2.24) is 9.80 Å². The van der Waals surface area contributed by atoms with Crippen molar-refractivity contribution >= 4 is 23.8 Å². The van der Waals surface area contributed by atoms with Gasteiger partial charge in [0.05, 0.1) is 7.11 Å². The molecule has 1 rings (SSSR count). The average molecular weight is 232 g/mol. The molecule has 0 N–H and O–H groups in total. The fraction of sp³-hybridized carbons (Fsp3) is 0.778. The van der Waals surface area contributed by atoms with Gasteiger partial charge in [-0.1, -0.05) is 0 Å². The number of amides is 2. The number of nitrogens with zero attached hydrogens (tertiary/aromatic N) is 2. The largest absolute Gasteiger partial charge is 0.453 e. The summed E-state index contributed by atoms with van der Waals surface area (Å²) in [6.07, 6.45) is -0.477. The monoisotopic (exact) mass is 232 g/mol. The van der Waals surface area contributed by atoms with Crippen LogP contribution in [0.15, 0.2) is 0 Å². The zero-order valence-electron chi connectivity index (χ0n) is 9.06. The maximum absolute atomic E-state index is 11.7. The first-order chi connectivity index (χ1) is 7.15. The predicted octanol–water partition coefficient (Wildman–Crippen LogP) is 0.260. The van der Waals surface area contributed by atoms with Crippen molar-refractivity contribution in [3.63, 3.8) is 0 Å². The van der Waals surface area contributed by atoms with E-state index in [9.17, 15) is 9.59 Å². The molecule has 0 saturated carbocycles. The molecule has 0 radical (unpaired) electrons. The number of carbonyl (C=O) groups is 2. The molecule has 6 heteroatoms. The Morgan fingerprint density at radius 3 is 2.53 bits per heavy atom. The van der Waals surface area contributed by atoms with Crippen LogP contribution < -0.4 is 0 Å². The molecule has 0 aliphatic carbocycles. The van der Waals surface area contributed by atoms with E-state index in [4.69, 9.17) is 0 Å². The molecule has 1 aliphatic heterocycles. The molecular weight excluding hydrogens is 216 g/mol. The van der Waals surface area contributed by atoms with E-state index in [2.05, 4.69) is 4.74 Å². The molecule has 1 fully saturated rings. The summed E-state index contributed by atoms with van der Waals surface area (Å²) in [5.41, 5.74) is 0. The van der Waals surface area contributed by atoms with Gasteiger partial charge in [-0.25, -0.2) is 4.79 Å². The summed E-state index contributed by atoms with van der Waals surface area (Å²) < 4.78 is 4.51. The van der Waals surface area contributed by atoms with Crippen LogP contribution >= 0.6 is 11.8 Å². The van der Waals surface area contributed by atoms with Gasteiger partial charge in [0.15, 0.2) is 0 Å². The van der Waals surface area contributed by atoms with Crippen LogP contribution in [0.25, 0.3) is 0 Å². The molecule has 5 nitrogen and oxygen atoms in total. The lowest BCUT2D eigenvalue weighted by Gasteiger charge is -2.28. The highest BCUT2D eigenvalue weighted by molar-refractivity contribution is 7.99. The number of rotatable bonds is 2. The molecule has 0 aromatic rings. The van der Waals surface area contributed by atoms with Gasteiger partial charge in [-0.2, -0.15) is 11.8 Å². The number of ether oxygens (including phenoxy) is 1. The topological polar surface area (TPSA) is 49.9 Å². The van der Waals surface area contributed by atoms with Crippen LogP contribution in [0.2, 0.25) is 0 Å². The molecule has 86 valence electrons. The molecule has 0 aromatic carbocycles. The fourth-order valence-corrected chi connectivity index (χ4v) is 2.24. The van der Waals surface area contributed by atoms with Gasteiger partial charge in [0.1, 0.15) is 6.54 Å². The Bertz CT molecular complexity index is 242. The summed E-state index contributed by atoms with van der Waals surface area (Å²) in [4.78, 5) is 25.8. The van der Waals surface area contributed by atoms with Crippen LogP contribution in [0.1, 0.15) is 0 Å². The lowest BCUT2D eigenvalue weighted by molar-refractivity contribution is -0.131. The molecule has 15 heavy (non-hydrogen) atoms. The van der Waals surface area contributed by atoms with Crippen molar-refractivity contribution < 1.29 is 14.3 Å². The Balaban J connectivity index is 2.36. The van der Waals surface area contributed by atoms with E-state index in [1.54, 1.807) is 11.9 Å². The fourth-order valence-electron chi connectivity index (χ4n) is 1.34. The third-order valence-electron chi connectivity index (χ3n) is 2.22. The van der Waals surface area contributed by atoms with E-state index in [1.165, 1.54) is 12.0 Å². The van der Waals surface area contributed by atoms with Gasteiger partial charge in [0.2, 0.25) is 5.91 Å². The Labute approximate surface area is 93.7 Å². The predicted molar refractivity (Wildman–Crippen MR) is 58.9 cm³/mol. The Morgan fingerprint density at radius 2 is 2.00 bits per heavy atom. The quantitative estimate of drug-likeness (QED) is 0.685. The Hall–Kier alpha value is -0.910. The van der Waals surface area contributed by atoms with Crippen molar-refractivity contribution in [3.8, 4) is 0 Å². The van der Waals surface area contributed by atoms with E-state index < -0.39 is 6.09 Å². The first-order valence-electron chi connectivity index (χ1n) is 4.79. The summed E-state index contributed by atoms with van der Waals surface area (Å²) in [5, 5.41) is 0. The molecule has 1 heterocycles. The maximum atomic E-state index is 11.7. The highest BCUT2D eigenvalue weighted by Gasteiger charge is 2.20. The zero-order valence-corrected chi connectivity index (χ0v) is 9.88. The van der Waals surface area contributed by atoms with Crippen molar-refractivity contribution in [2.45, 2.75) is 0 Å². The van der Waals surface area contributed by atoms with Crippen molar-refractivity contribution in [2.24, 2.45) is 0 Å². The van der Waals surface area contributed by atoms with E-state index in [0.29, 0.717) is 0 Å². The second-order valence-electron chi connectivity index (χ2n) is 3.32. The minimum absolute atomic E-state index is 0.0109. The number of hydrogen-bond acceptors (Lipinski definition) is 4. The van der Waals surface area contributed by atoms with Gasteiger partial charge in [0.25, 0.3) is 0 Å². The molecule has 0 aromatic heterocycles. The number of thioether (sulfide) groups is 1. The normalized spacial score (nSPS) is 16.0. The van der Waals surface area contributed by atoms with Gasteiger partial charge < -0.3 is 14.5 Å². The summed E-state index contributed by atoms with van der Waals surface area (Å²) in [6.45, 7) is 1.65. The van der Waals surface area contributed by atoms with Crippen LogP contribution in [0.4, 0.5) is 4.79 Å². The first kappa shape index (κ1) is 12.2. The van der Waals surface area contributed by atoms with Gasteiger partial charge in [-0.3, -0.25) is 4.79 Å². The third kappa shape index (κ3) is 3.62. The van der Waals surface area contributed by atoms with Crippen LogP contribution in [0, 0.1) is 0 Å². The average Bonchev–Trinajstić information content (AvgIpc) is 2.29. The highest BCUT2D eigenvalue weighted by atomic mass is 32.2. The van der Waals surface area contributed by atoms with E-state index in [0.717, 1.165) is 24.6 Å². The maximum Gasteiger partial charge on any atom is 0.409 e. The summed E-state index contributed by atoms with van der Waals surface area (Å²) in [7, 11) is 2.86. The minimum atomic E-state index is -0.477. The van der Waals surface area contributed by atoms with Crippen molar-refractivity contribution in [2.75, 3.05) is 45.3 Å². The first-order valence-corrected chi connectivity index (χ1v) is 5.95. The molecular formula is C9H16N2O3S. The van der Waals surface area contributed by atoms with Gasteiger partial charge in [0, 0.05) is 31.6 Å². The zero-order chi connectivity index (χ0) is 11.3. The SMILES string of the molecule is COC(=O)N(C)CC(=O)N1CCSCC1. The summed E-state index contributed by atoms with van der Waals surface area (Å²) in [5.74, 6) is 1.95. The number of methoxy groups -OCH3 is 1. The Kier molecular flexibility index (Phi) is 4.74. The third-order valence-corrected chi connectivity index (χ3v) is 3.17. The molecule has 1 saturated heterocycles. The number of carbonyl (C=O) groups excluding carboxylic acids is 2. The second kappa shape index (κ2) is 5.85. The molecule has 0 atom stereocenters. The molecule has 0 spiro atoms. The lowest BCUT2D eigenvalue weighted by Crippen LogP contribution is -2.44. The smallest absolute Gasteiger partial charge is 0.409 e. The second-order valence-corrected chi connectivity index (χ2v) is 4.54. The van der Waals surface area contributed by atoms with E-state index in [1.807, 2.05) is 11.8 Å². The number of likely N-dealkylation sites (N-methyl/N-ethyl adjacent to an activating group) is 1. The molecule has 1 aliphatic rings. The van der Waals surface area contributed by atoms with E-state index in [-0.39, 0.29) is 12.5 Å². The van der Waals surface area contributed by atoms with Gasteiger partial charge in [-0.05, 0) is 0 Å². The minimum Gasteiger partial charge on any atom is -0.453 e. The highest BCUT2D eigenvalue weighted by Crippen LogP contribution is 2.09. The molecule has 0 bridgehead atoms. The van der Waals surface area contributed by atoms with Gasteiger partial charge in [-0.15, -0.1) is 0 Å². The van der Waals surface area contributed by atoms with Crippen molar-refractivity contribution in [1.29, 1.82) is 0 Å². The lowest BCUT2D eigenvalue weighted by atomic mass is 10.4. The molecule has 2 amide bonds.